The predicted octanol–water partition coefficient (Wildman–Crippen LogP) is 3.15. The van der Waals surface area contributed by atoms with Gasteiger partial charge in [0.1, 0.15) is 5.82 Å². The van der Waals surface area contributed by atoms with Crippen molar-refractivity contribution in [2.45, 2.75) is 44.6 Å². The van der Waals surface area contributed by atoms with E-state index in [1.165, 1.54) is 12.5 Å². The minimum atomic E-state index is -0.709. The van der Waals surface area contributed by atoms with Crippen LogP contribution in [0.3, 0.4) is 0 Å². The SMILES string of the molecule is CCC1CCC(O)(CNc2ccc(N)cc2F)CC1. The fraction of sp³-hybridized carbons (Fsp3) is 0.600. The molecule has 0 saturated heterocycles. The molecule has 4 N–H and O–H groups in total. The van der Waals surface area contributed by atoms with Crippen LogP contribution in [-0.2, 0) is 0 Å². The normalized spacial score (nSPS) is 27.2. The number of hydrogen-bond donors (Lipinski definition) is 3. The number of nitrogen functional groups attached to an aromatic ring is 1. The third-order valence-electron chi connectivity index (χ3n) is 4.21. The number of rotatable bonds is 4. The Morgan fingerprint density at radius 1 is 1.42 bits per heavy atom. The van der Waals surface area contributed by atoms with Gasteiger partial charge in [0.15, 0.2) is 0 Å². The second kappa shape index (κ2) is 5.78. The highest BCUT2D eigenvalue weighted by atomic mass is 19.1. The van der Waals surface area contributed by atoms with Crippen molar-refractivity contribution in [3.8, 4) is 0 Å². The molecule has 1 aliphatic rings. The third-order valence-corrected chi connectivity index (χ3v) is 4.21. The molecule has 1 aromatic carbocycles. The lowest BCUT2D eigenvalue weighted by molar-refractivity contribution is 0.00225. The van der Waals surface area contributed by atoms with Crippen molar-refractivity contribution in [3.05, 3.63) is 24.0 Å². The van der Waals surface area contributed by atoms with E-state index in [0.29, 0.717) is 17.9 Å². The standard InChI is InChI=1S/C15H23FN2O/c1-2-11-5-7-15(19,8-6-11)10-18-14-4-3-12(17)9-13(14)16/h3-4,9,11,18-19H,2,5-8,10,17H2,1H3. The molecular formula is C15H23FN2O. The van der Waals surface area contributed by atoms with E-state index in [0.717, 1.165) is 31.6 Å². The summed E-state index contributed by atoms with van der Waals surface area (Å²) in [6, 6.07) is 4.56. The molecule has 1 fully saturated rings. The largest absolute Gasteiger partial charge is 0.399 e. The van der Waals surface area contributed by atoms with Gasteiger partial charge in [0.2, 0.25) is 0 Å². The van der Waals surface area contributed by atoms with E-state index in [9.17, 15) is 9.50 Å². The Morgan fingerprint density at radius 2 is 2.11 bits per heavy atom. The predicted molar refractivity (Wildman–Crippen MR) is 76.5 cm³/mol. The van der Waals surface area contributed by atoms with Gasteiger partial charge in [-0.1, -0.05) is 13.3 Å². The van der Waals surface area contributed by atoms with Crippen LogP contribution < -0.4 is 11.1 Å². The van der Waals surface area contributed by atoms with E-state index in [4.69, 9.17) is 5.73 Å². The molecule has 1 aromatic rings. The summed E-state index contributed by atoms with van der Waals surface area (Å²) in [5.41, 5.74) is 5.61. The second-order valence-corrected chi connectivity index (χ2v) is 5.67. The lowest BCUT2D eigenvalue weighted by Crippen LogP contribution is -2.40. The molecule has 0 aromatic heterocycles. The van der Waals surface area contributed by atoms with Gasteiger partial charge in [-0.2, -0.15) is 0 Å². The Kier molecular flexibility index (Phi) is 4.30. The molecule has 0 radical (unpaired) electrons. The molecule has 3 nitrogen and oxygen atoms in total. The number of nitrogens with one attached hydrogen (secondary N) is 1. The topological polar surface area (TPSA) is 58.3 Å². The summed E-state index contributed by atoms with van der Waals surface area (Å²) in [6.07, 6.45) is 4.86. The molecule has 0 heterocycles. The first-order chi connectivity index (χ1) is 9.02. The smallest absolute Gasteiger partial charge is 0.148 e. The number of aliphatic hydroxyl groups is 1. The van der Waals surface area contributed by atoms with Gasteiger partial charge in [-0.3, -0.25) is 0 Å². The average Bonchev–Trinajstić information content (AvgIpc) is 2.39. The Bertz CT molecular complexity index is 428. The minimum Gasteiger partial charge on any atom is -0.399 e. The van der Waals surface area contributed by atoms with Crippen molar-refractivity contribution in [2.75, 3.05) is 17.6 Å². The Balaban J connectivity index is 1.91. The maximum absolute atomic E-state index is 13.6. The maximum atomic E-state index is 13.6. The Morgan fingerprint density at radius 3 is 2.68 bits per heavy atom. The summed E-state index contributed by atoms with van der Waals surface area (Å²) in [6.45, 7) is 2.58. The van der Waals surface area contributed by atoms with E-state index in [2.05, 4.69) is 12.2 Å². The van der Waals surface area contributed by atoms with Crippen LogP contribution in [0.5, 0.6) is 0 Å². The van der Waals surface area contributed by atoms with Gasteiger partial charge >= 0.3 is 0 Å². The van der Waals surface area contributed by atoms with Crippen molar-refractivity contribution in [1.82, 2.24) is 0 Å². The van der Waals surface area contributed by atoms with Crippen LogP contribution >= 0.6 is 0 Å². The molecule has 0 amide bonds. The monoisotopic (exact) mass is 266 g/mol. The van der Waals surface area contributed by atoms with Gasteiger partial charge in [-0.25, -0.2) is 4.39 Å². The Labute approximate surface area is 114 Å². The van der Waals surface area contributed by atoms with E-state index >= 15 is 0 Å². The zero-order chi connectivity index (χ0) is 13.9. The number of benzene rings is 1. The maximum Gasteiger partial charge on any atom is 0.148 e. The number of hydrogen-bond acceptors (Lipinski definition) is 3. The zero-order valence-corrected chi connectivity index (χ0v) is 11.5. The van der Waals surface area contributed by atoms with Crippen LogP contribution in [0.25, 0.3) is 0 Å². The van der Waals surface area contributed by atoms with E-state index in [1.54, 1.807) is 12.1 Å². The number of nitrogens with two attached hydrogens (primary N) is 1. The van der Waals surface area contributed by atoms with Gasteiger partial charge in [0, 0.05) is 12.2 Å². The zero-order valence-electron chi connectivity index (χ0n) is 11.5. The van der Waals surface area contributed by atoms with Crippen molar-refractivity contribution in [3.63, 3.8) is 0 Å². The van der Waals surface area contributed by atoms with Crippen molar-refractivity contribution >= 4 is 11.4 Å². The van der Waals surface area contributed by atoms with E-state index < -0.39 is 5.60 Å². The molecule has 0 unspecified atom stereocenters. The lowest BCUT2D eigenvalue weighted by Gasteiger charge is -2.36. The molecule has 1 saturated carbocycles. The van der Waals surface area contributed by atoms with Crippen LogP contribution in [0, 0.1) is 11.7 Å². The highest BCUT2D eigenvalue weighted by Crippen LogP contribution is 2.34. The first-order valence-electron chi connectivity index (χ1n) is 7.04. The minimum absolute atomic E-state index is 0.370. The third kappa shape index (κ3) is 3.60. The lowest BCUT2D eigenvalue weighted by atomic mass is 9.78. The fourth-order valence-corrected chi connectivity index (χ4v) is 2.73. The summed E-state index contributed by atoms with van der Waals surface area (Å²) in [7, 11) is 0. The summed E-state index contributed by atoms with van der Waals surface area (Å²) in [5, 5.41) is 13.5. The summed E-state index contributed by atoms with van der Waals surface area (Å²) < 4.78 is 13.6. The van der Waals surface area contributed by atoms with Gasteiger partial charge in [0.05, 0.1) is 11.3 Å². The van der Waals surface area contributed by atoms with Crippen LogP contribution in [0.1, 0.15) is 39.0 Å². The highest BCUT2D eigenvalue weighted by Gasteiger charge is 2.32. The number of anilines is 2. The molecule has 19 heavy (non-hydrogen) atoms. The number of halogens is 1. The van der Waals surface area contributed by atoms with Crippen LogP contribution in [0.2, 0.25) is 0 Å². The Hall–Kier alpha value is -1.29. The van der Waals surface area contributed by atoms with Crippen molar-refractivity contribution < 1.29 is 9.50 Å². The summed E-state index contributed by atoms with van der Waals surface area (Å²) in [4.78, 5) is 0. The molecular weight excluding hydrogens is 243 g/mol. The highest BCUT2D eigenvalue weighted by molar-refractivity contribution is 5.52. The van der Waals surface area contributed by atoms with Crippen LogP contribution in [0.4, 0.5) is 15.8 Å². The molecule has 4 heteroatoms. The summed E-state index contributed by atoms with van der Waals surface area (Å²) in [5.74, 6) is 0.361. The molecule has 0 atom stereocenters. The van der Waals surface area contributed by atoms with Crippen LogP contribution in [0.15, 0.2) is 18.2 Å². The second-order valence-electron chi connectivity index (χ2n) is 5.67. The van der Waals surface area contributed by atoms with Gasteiger partial charge < -0.3 is 16.2 Å². The van der Waals surface area contributed by atoms with Gasteiger partial charge in [-0.15, -0.1) is 0 Å². The molecule has 0 aliphatic heterocycles. The van der Waals surface area contributed by atoms with E-state index in [-0.39, 0.29) is 5.82 Å². The fourth-order valence-electron chi connectivity index (χ4n) is 2.73. The molecule has 1 aliphatic carbocycles. The first kappa shape index (κ1) is 14.1. The molecule has 2 rings (SSSR count). The molecule has 106 valence electrons. The van der Waals surface area contributed by atoms with E-state index in [1.807, 2.05) is 0 Å². The molecule has 0 bridgehead atoms. The van der Waals surface area contributed by atoms with Crippen molar-refractivity contribution in [2.24, 2.45) is 5.92 Å². The van der Waals surface area contributed by atoms with Gasteiger partial charge in [0.25, 0.3) is 0 Å². The quantitative estimate of drug-likeness (QED) is 0.734. The first-order valence-corrected chi connectivity index (χ1v) is 7.04. The van der Waals surface area contributed by atoms with Gasteiger partial charge in [-0.05, 0) is 49.8 Å². The molecule has 0 spiro atoms. The average molecular weight is 266 g/mol. The van der Waals surface area contributed by atoms with Crippen molar-refractivity contribution in [1.29, 1.82) is 0 Å². The van der Waals surface area contributed by atoms with Crippen LogP contribution in [-0.4, -0.2) is 17.3 Å². The summed E-state index contributed by atoms with van der Waals surface area (Å²) >= 11 is 0.